The number of thioether (sulfide) groups is 1. The molecule has 1 aromatic rings. The van der Waals surface area contributed by atoms with Gasteiger partial charge in [-0.05, 0) is 44.2 Å². The zero-order valence-electron chi connectivity index (χ0n) is 12.0. The van der Waals surface area contributed by atoms with Crippen molar-refractivity contribution in [2.75, 3.05) is 12.4 Å². The zero-order valence-corrected chi connectivity index (χ0v) is 12.8. The van der Waals surface area contributed by atoms with Gasteiger partial charge >= 0.3 is 0 Å². The summed E-state index contributed by atoms with van der Waals surface area (Å²) in [4.78, 5) is 1.38. The van der Waals surface area contributed by atoms with Crippen molar-refractivity contribution in [2.24, 2.45) is 5.73 Å². The highest BCUT2D eigenvalue weighted by Gasteiger charge is 2.16. The maximum absolute atomic E-state index is 6.11. The number of nitrogens with two attached hydrogens (primary N) is 1. The third-order valence-electron chi connectivity index (χ3n) is 3.67. The molecule has 1 fully saturated rings. The Morgan fingerprint density at radius 2 is 2.32 bits per heavy atom. The third kappa shape index (κ3) is 4.51. The summed E-state index contributed by atoms with van der Waals surface area (Å²) in [7, 11) is 0. The van der Waals surface area contributed by atoms with Crippen LogP contribution in [0.3, 0.4) is 0 Å². The van der Waals surface area contributed by atoms with Crippen LogP contribution in [0.1, 0.15) is 37.3 Å². The van der Waals surface area contributed by atoms with Crippen molar-refractivity contribution in [1.29, 1.82) is 0 Å². The third-order valence-corrected chi connectivity index (χ3v) is 4.92. The molecule has 1 aliphatic heterocycles. The van der Waals surface area contributed by atoms with Gasteiger partial charge < -0.3 is 10.5 Å². The average Bonchev–Trinajstić information content (AvgIpc) is 2.91. The molecule has 0 radical (unpaired) electrons. The molecule has 2 unspecified atom stereocenters. The van der Waals surface area contributed by atoms with Gasteiger partial charge in [-0.15, -0.1) is 11.8 Å². The standard InChI is InChI=1S/C16H25NOS/c1-3-14(17)10-13-9-12(2)6-7-16(13)19-11-15-5-4-8-18-15/h6-7,9,14-15H,3-5,8,10-11,17H2,1-2H3. The first kappa shape index (κ1) is 14.9. The van der Waals surface area contributed by atoms with E-state index in [2.05, 4.69) is 32.0 Å². The molecule has 0 bridgehead atoms. The van der Waals surface area contributed by atoms with Crippen molar-refractivity contribution in [3.63, 3.8) is 0 Å². The number of rotatable bonds is 6. The summed E-state index contributed by atoms with van der Waals surface area (Å²) >= 11 is 1.92. The predicted molar refractivity (Wildman–Crippen MR) is 82.8 cm³/mol. The van der Waals surface area contributed by atoms with E-state index in [4.69, 9.17) is 10.5 Å². The Morgan fingerprint density at radius 1 is 1.47 bits per heavy atom. The Hall–Kier alpha value is -0.510. The van der Waals surface area contributed by atoms with E-state index in [-0.39, 0.29) is 6.04 Å². The molecule has 0 aromatic heterocycles. The lowest BCUT2D eigenvalue weighted by atomic mass is 10.0. The van der Waals surface area contributed by atoms with Crippen LogP contribution in [0.2, 0.25) is 0 Å². The number of hydrogen-bond donors (Lipinski definition) is 1. The highest BCUT2D eigenvalue weighted by atomic mass is 32.2. The molecule has 2 N–H and O–H groups in total. The highest BCUT2D eigenvalue weighted by molar-refractivity contribution is 7.99. The summed E-state index contributed by atoms with van der Waals surface area (Å²) in [6, 6.07) is 6.99. The lowest BCUT2D eigenvalue weighted by Gasteiger charge is -2.15. The smallest absolute Gasteiger partial charge is 0.0669 e. The molecule has 1 aromatic carbocycles. The first-order valence-corrected chi connectivity index (χ1v) is 8.27. The molecule has 2 atom stereocenters. The Balaban J connectivity index is 2.00. The number of aryl methyl sites for hydroxylation is 1. The van der Waals surface area contributed by atoms with Gasteiger partial charge in [-0.2, -0.15) is 0 Å². The van der Waals surface area contributed by atoms with E-state index >= 15 is 0 Å². The lowest BCUT2D eigenvalue weighted by Crippen LogP contribution is -2.21. The highest BCUT2D eigenvalue weighted by Crippen LogP contribution is 2.28. The van der Waals surface area contributed by atoms with Gasteiger partial charge in [-0.3, -0.25) is 0 Å². The fourth-order valence-electron chi connectivity index (χ4n) is 2.39. The van der Waals surface area contributed by atoms with E-state index in [0.717, 1.165) is 25.2 Å². The van der Waals surface area contributed by atoms with Crippen molar-refractivity contribution < 1.29 is 4.74 Å². The largest absolute Gasteiger partial charge is 0.377 e. The molecule has 2 nitrogen and oxygen atoms in total. The Bertz CT molecular complexity index is 402. The molecule has 0 amide bonds. The van der Waals surface area contributed by atoms with Crippen LogP contribution in [0.15, 0.2) is 23.1 Å². The van der Waals surface area contributed by atoms with Gasteiger partial charge in [0, 0.05) is 23.3 Å². The SMILES string of the molecule is CCC(N)Cc1cc(C)ccc1SCC1CCCO1. The number of hydrogen-bond acceptors (Lipinski definition) is 3. The van der Waals surface area contributed by atoms with E-state index in [1.807, 2.05) is 11.8 Å². The second-order valence-electron chi connectivity index (χ2n) is 5.43. The average molecular weight is 279 g/mol. The van der Waals surface area contributed by atoms with E-state index < -0.39 is 0 Å². The maximum Gasteiger partial charge on any atom is 0.0669 e. The van der Waals surface area contributed by atoms with Crippen LogP contribution >= 0.6 is 11.8 Å². The van der Waals surface area contributed by atoms with E-state index in [1.165, 1.54) is 28.9 Å². The first-order valence-electron chi connectivity index (χ1n) is 7.28. The van der Waals surface area contributed by atoms with Crippen LogP contribution in [0.5, 0.6) is 0 Å². The molecular weight excluding hydrogens is 254 g/mol. The molecule has 1 aliphatic rings. The second kappa shape index (κ2) is 7.32. The maximum atomic E-state index is 6.11. The molecule has 1 saturated heterocycles. The fraction of sp³-hybridized carbons (Fsp3) is 0.625. The zero-order chi connectivity index (χ0) is 13.7. The molecule has 1 heterocycles. The van der Waals surface area contributed by atoms with Gasteiger partial charge in [0.15, 0.2) is 0 Å². The molecule has 106 valence electrons. The normalized spacial score (nSPS) is 20.7. The minimum absolute atomic E-state index is 0.267. The number of ether oxygens (including phenoxy) is 1. The summed E-state index contributed by atoms with van der Waals surface area (Å²) in [5.74, 6) is 1.07. The molecule has 19 heavy (non-hydrogen) atoms. The van der Waals surface area contributed by atoms with Crippen molar-refractivity contribution in [1.82, 2.24) is 0 Å². The van der Waals surface area contributed by atoms with Gasteiger partial charge in [-0.1, -0.05) is 24.6 Å². The quantitative estimate of drug-likeness (QED) is 0.809. The molecule has 0 saturated carbocycles. The molecule has 0 spiro atoms. The van der Waals surface area contributed by atoms with Crippen LogP contribution in [0, 0.1) is 6.92 Å². The minimum atomic E-state index is 0.267. The first-order chi connectivity index (χ1) is 9.19. The summed E-state index contributed by atoms with van der Waals surface area (Å²) in [6.45, 7) is 5.24. The Labute approximate surface area is 121 Å². The van der Waals surface area contributed by atoms with Gasteiger partial charge in [0.05, 0.1) is 6.10 Å². The van der Waals surface area contributed by atoms with Crippen LogP contribution in [-0.2, 0) is 11.2 Å². The monoisotopic (exact) mass is 279 g/mol. The van der Waals surface area contributed by atoms with Crippen molar-refractivity contribution in [3.8, 4) is 0 Å². The second-order valence-corrected chi connectivity index (χ2v) is 6.49. The molecular formula is C16H25NOS. The summed E-state index contributed by atoms with van der Waals surface area (Å²) in [5.41, 5.74) is 8.83. The van der Waals surface area contributed by atoms with E-state index in [1.54, 1.807) is 0 Å². The summed E-state index contributed by atoms with van der Waals surface area (Å²) < 4.78 is 5.70. The van der Waals surface area contributed by atoms with Gasteiger partial charge in [0.25, 0.3) is 0 Å². The summed E-state index contributed by atoms with van der Waals surface area (Å²) in [5, 5.41) is 0. The predicted octanol–water partition coefficient (Wildman–Crippen LogP) is 3.55. The molecule has 3 heteroatoms. The van der Waals surface area contributed by atoms with Crippen LogP contribution in [-0.4, -0.2) is 24.5 Å². The number of benzene rings is 1. The van der Waals surface area contributed by atoms with Crippen LogP contribution in [0.4, 0.5) is 0 Å². The van der Waals surface area contributed by atoms with Gasteiger partial charge in [0.1, 0.15) is 0 Å². The minimum Gasteiger partial charge on any atom is -0.377 e. The van der Waals surface area contributed by atoms with E-state index in [0.29, 0.717) is 6.10 Å². The Morgan fingerprint density at radius 3 is 3.00 bits per heavy atom. The fourth-order valence-corrected chi connectivity index (χ4v) is 3.51. The topological polar surface area (TPSA) is 35.2 Å². The summed E-state index contributed by atoms with van der Waals surface area (Å²) in [6.07, 6.45) is 4.88. The molecule has 2 rings (SSSR count). The Kier molecular flexibility index (Phi) is 5.74. The van der Waals surface area contributed by atoms with Crippen LogP contribution < -0.4 is 5.73 Å². The van der Waals surface area contributed by atoms with E-state index in [9.17, 15) is 0 Å². The van der Waals surface area contributed by atoms with Crippen LogP contribution in [0.25, 0.3) is 0 Å². The van der Waals surface area contributed by atoms with Gasteiger partial charge in [0.2, 0.25) is 0 Å². The van der Waals surface area contributed by atoms with Gasteiger partial charge in [-0.25, -0.2) is 0 Å². The van der Waals surface area contributed by atoms with Crippen molar-refractivity contribution in [3.05, 3.63) is 29.3 Å². The molecule has 0 aliphatic carbocycles. The van der Waals surface area contributed by atoms with Crippen molar-refractivity contribution in [2.45, 2.75) is 56.6 Å². The van der Waals surface area contributed by atoms with Crippen molar-refractivity contribution >= 4 is 11.8 Å². The lowest BCUT2D eigenvalue weighted by molar-refractivity contribution is 0.129.